The van der Waals surface area contributed by atoms with E-state index in [4.69, 9.17) is 14.0 Å². The van der Waals surface area contributed by atoms with E-state index < -0.39 is 31.7 Å². The number of nitrogens with one attached hydrogen (secondary N) is 2. The Bertz CT molecular complexity index is 646. The maximum absolute atomic E-state index is 13.3. The van der Waals surface area contributed by atoms with Crippen molar-refractivity contribution in [2.24, 2.45) is 0 Å². The van der Waals surface area contributed by atoms with Crippen LogP contribution in [0.1, 0.15) is 47.1 Å². The SMILES string of the molecule is CC(C)OC(=O)[C@H](C)NP(=O)(N[C@@H](C)C(=O)OC(C)C)OCc1ccccc1. The molecule has 1 aromatic rings. The van der Waals surface area contributed by atoms with E-state index in [0.29, 0.717) is 0 Å². The molecular weight excluding hydrogens is 383 g/mol. The summed E-state index contributed by atoms with van der Waals surface area (Å²) in [5.74, 6) is -1.14. The Balaban J connectivity index is 2.89. The highest BCUT2D eigenvalue weighted by molar-refractivity contribution is 7.54. The number of carbonyl (C=O) groups excluding carboxylic acids is 2. The zero-order valence-corrected chi connectivity index (χ0v) is 18.2. The molecule has 0 saturated carbocycles. The lowest BCUT2D eigenvalue weighted by Gasteiger charge is -2.26. The van der Waals surface area contributed by atoms with Crippen LogP contribution in [0.4, 0.5) is 0 Å². The molecule has 2 N–H and O–H groups in total. The Morgan fingerprint density at radius 2 is 1.29 bits per heavy atom. The zero-order chi connectivity index (χ0) is 21.3. The monoisotopic (exact) mass is 414 g/mol. The van der Waals surface area contributed by atoms with E-state index in [1.54, 1.807) is 27.7 Å². The molecule has 0 heterocycles. The van der Waals surface area contributed by atoms with Crippen molar-refractivity contribution in [2.75, 3.05) is 0 Å². The first-order valence-corrected chi connectivity index (χ1v) is 10.9. The molecule has 0 unspecified atom stereocenters. The van der Waals surface area contributed by atoms with Gasteiger partial charge < -0.3 is 14.0 Å². The van der Waals surface area contributed by atoms with Crippen molar-refractivity contribution in [3.05, 3.63) is 35.9 Å². The summed E-state index contributed by atoms with van der Waals surface area (Å²) in [4.78, 5) is 24.2. The Morgan fingerprint density at radius 1 is 0.857 bits per heavy atom. The van der Waals surface area contributed by atoms with Crippen LogP contribution in [0, 0.1) is 0 Å². The predicted molar refractivity (Wildman–Crippen MR) is 106 cm³/mol. The first-order valence-electron chi connectivity index (χ1n) is 9.27. The molecule has 0 bridgehead atoms. The molecule has 0 aliphatic carbocycles. The number of benzene rings is 1. The molecule has 0 fully saturated rings. The van der Waals surface area contributed by atoms with Gasteiger partial charge in [0.2, 0.25) is 0 Å². The van der Waals surface area contributed by atoms with Crippen LogP contribution in [-0.4, -0.2) is 36.2 Å². The van der Waals surface area contributed by atoms with Crippen molar-refractivity contribution in [2.45, 2.75) is 72.4 Å². The van der Waals surface area contributed by atoms with Gasteiger partial charge in [-0.2, -0.15) is 0 Å². The Hall–Kier alpha value is -1.73. The van der Waals surface area contributed by atoms with Crippen molar-refractivity contribution >= 4 is 19.6 Å². The third kappa shape index (κ3) is 8.97. The van der Waals surface area contributed by atoms with E-state index in [1.165, 1.54) is 13.8 Å². The Kier molecular flexibility index (Phi) is 9.82. The minimum Gasteiger partial charge on any atom is -0.462 e. The van der Waals surface area contributed by atoms with Crippen LogP contribution < -0.4 is 10.2 Å². The summed E-state index contributed by atoms with van der Waals surface area (Å²) in [6.45, 7) is 9.94. The van der Waals surface area contributed by atoms with Crippen LogP contribution in [-0.2, 0) is 34.8 Å². The summed E-state index contributed by atoms with van der Waals surface area (Å²) in [6.07, 6.45) is -0.622. The summed E-state index contributed by atoms with van der Waals surface area (Å²) >= 11 is 0. The molecule has 1 rings (SSSR count). The maximum Gasteiger partial charge on any atom is 0.342 e. The quantitative estimate of drug-likeness (QED) is 0.420. The molecule has 8 nitrogen and oxygen atoms in total. The molecule has 0 aromatic heterocycles. The smallest absolute Gasteiger partial charge is 0.342 e. The molecule has 0 aliphatic heterocycles. The van der Waals surface area contributed by atoms with E-state index >= 15 is 0 Å². The fraction of sp³-hybridized carbons (Fsp3) is 0.579. The van der Waals surface area contributed by atoms with Crippen LogP contribution in [0.2, 0.25) is 0 Å². The minimum absolute atomic E-state index is 0.0238. The molecule has 1 aromatic carbocycles. The molecule has 0 aliphatic rings. The van der Waals surface area contributed by atoms with Gasteiger partial charge in [0, 0.05) is 0 Å². The van der Waals surface area contributed by atoms with Gasteiger partial charge in [-0.1, -0.05) is 30.3 Å². The molecular formula is C19H31N2O6P. The fourth-order valence-electron chi connectivity index (χ4n) is 2.14. The zero-order valence-electron chi connectivity index (χ0n) is 17.3. The van der Waals surface area contributed by atoms with Crippen molar-refractivity contribution in [3.63, 3.8) is 0 Å². The van der Waals surface area contributed by atoms with E-state index in [0.717, 1.165) is 5.56 Å². The number of ether oxygens (including phenoxy) is 2. The molecule has 0 radical (unpaired) electrons. The highest BCUT2D eigenvalue weighted by Crippen LogP contribution is 2.40. The lowest BCUT2D eigenvalue weighted by Crippen LogP contribution is -2.43. The van der Waals surface area contributed by atoms with Gasteiger partial charge in [0.25, 0.3) is 0 Å². The van der Waals surface area contributed by atoms with Gasteiger partial charge in [-0.25, -0.2) is 10.2 Å². The van der Waals surface area contributed by atoms with Crippen LogP contribution >= 0.6 is 7.67 Å². The second-order valence-corrected chi connectivity index (χ2v) is 8.86. The van der Waals surface area contributed by atoms with E-state index in [1.807, 2.05) is 30.3 Å². The van der Waals surface area contributed by atoms with Crippen LogP contribution in [0.15, 0.2) is 30.3 Å². The van der Waals surface area contributed by atoms with Gasteiger partial charge in [-0.15, -0.1) is 0 Å². The van der Waals surface area contributed by atoms with Gasteiger partial charge in [0.1, 0.15) is 12.1 Å². The summed E-state index contributed by atoms with van der Waals surface area (Å²) in [7, 11) is -3.79. The van der Waals surface area contributed by atoms with Gasteiger partial charge in [-0.05, 0) is 47.1 Å². The average Bonchev–Trinajstić information content (AvgIpc) is 2.59. The molecule has 0 saturated heterocycles. The van der Waals surface area contributed by atoms with Gasteiger partial charge in [0.15, 0.2) is 0 Å². The Morgan fingerprint density at radius 3 is 1.68 bits per heavy atom. The molecule has 0 spiro atoms. The number of rotatable bonds is 11. The van der Waals surface area contributed by atoms with Crippen LogP contribution in [0.3, 0.4) is 0 Å². The highest BCUT2D eigenvalue weighted by Gasteiger charge is 2.33. The predicted octanol–water partition coefficient (Wildman–Crippen LogP) is 3.17. The lowest BCUT2D eigenvalue weighted by atomic mass is 10.2. The summed E-state index contributed by atoms with van der Waals surface area (Å²) in [5.41, 5.74) is 0.793. The minimum atomic E-state index is -3.79. The first kappa shape index (κ1) is 24.3. The molecule has 28 heavy (non-hydrogen) atoms. The van der Waals surface area contributed by atoms with Crippen molar-refractivity contribution in [3.8, 4) is 0 Å². The highest BCUT2D eigenvalue weighted by atomic mass is 31.2. The third-order valence-electron chi connectivity index (χ3n) is 3.39. The topological polar surface area (TPSA) is 103 Å². The summed E-state index contributed by atoms with van der Waals surface area (Å²) < 4.78 is 29.2. The second kappa shape index (κ2) is 11.3. The first-order chi connectivity index (χ1) is 13.0. The van der Waals surface area contributed by atoms with Crippen LogP contribution in [0.25, 0.3) is 0 Å². The third-order valence-corrected chi connectivity index (χ3v) is 5.34. The molecule has 9 heteroatoms. The van der Waals surface area contributed by atoms with Crippen LogP contribution in [0.5, 0.6) is 0 Å². The van der Waals surface area contributed by atoms with Crippen molar-refractivity contribution in [1.29, 1.82) is 0 Å². The average molecular weight is 414 g/mol. The molecule has 158 valence electrons. The standard InChI is InChI=1S/C19H31N2O6P/c1-13(2)26-18(22)15(5)20-28(24,21-16(6)19(23)27-14(3)4)25-12-17-10-8-7-9-11-17/h7-11,13-16H,12H2,1-6H3,(H2,20,21,24)/t15-,16-/m0/s1. The number of esters is 2. The van der Waals surface area contributed by atoms with Gasteiger partial charge >= 0.3 is 19.6 Å². The molecule has 2 atom stereocenters. The number of hydrogen-bond acceptors (Lipinski definition) is 6. The maximum atomic E-state index is 13.3. The van der Waals surface area contributed by atoms with E-state index in [2.05, 4.69) is 10.2 Å². The number of carbonyl (C=O) groups is 2. The normalized spacial score (nSPS) is 14.0. The van der Waals surface area contributed by atoms with Crippen molar-refractivity contribution < 1.29 is 28.2 Å². The van der Waals surface area contributed by atoms with Gasteiger partial charge in [-0.3, -0.25) is 14.2 Å². The van der Waals surface area contributed by atoms with E-state index in [9.17, 15) is 14.2 Å². The lowest BCUT2D eigenvalue weighted by molar-refractivity contribution is -0.149. The summed E-state index contributed by atoms with van der Waals surface area (Å²) in [5, 5.41) is 5.30. The Labute approximate surface area is 166 Å². The summed E-state index contributed by atoms with van der Waals surface area (Å²) in [6, 6.07) is 7.32. The number of hydrogen-bond donors (Lipinski definition) is 2. The largest absolute Gasteiger partial charge is 0.462 e. The van der Waals surface area contributed by atoms with E-state index in [-0.39, 0.29) is 18.8 Å². The van der Waals surface area contributed by atoms with Crippen molar-refractivity contribution in [1.82, 2.24) is 10.2 Å². The fourth-order valence-corrected chi connectivity index (χ4v) is 3.92. The molecule has 0 amide bonds. The second-order valence-electron chi connectivity index (χ2n) is 6.98. The van der Waals surface area contributed by atoms with Gasteiger partial charge in [0.05, 0.1) is 18.8 Å².